The molecule has 1 aromatic heterocycles. The number of pyridine rings is 1. The van der Waals surface area contributed by atoms with E-state index in [4.69, 9.17) is 4.74 Å². The third-order valence-electron chi connectivity index (χ3n) is 6.57. The maximum atomic E-state index is 13.5. The molecule has 188 valence electrons. The van der Waals surface area contributed by atoms with E-state index in [-0.39, 0.29) is 41.7 Å². The van der Waals surface area contributed by atoms with Gasteiger partial charge in [-0.2, -0.15) is 0 Å². The highest BCUT2D eigenvalue weighted by atomic mass is 19.2. The van der Waals surface area contributed by atoms with Crippen molar-refractivity contribution >= 4 is 17.6 Å². The molecule has 2 aromatic rings. The molecule has 2 aliphatic rings. The minimum absolute atomic E-state index is 0.0276. The molecule has 4 rings (SSSR count). The number of carbonyl (C=O) groups excluding carboxylic acids is 2. The molecule has 2 saturated heterocycles. The van der Waals surface area contributed by atoms with E-state index >= 15 is 0 Å². The molecule has 2 N–H and O–H groups in total. The Labute approximate surface area is 204 Å². The van der Waals surface area contributed by atoms with E-state index in [0.717, 1.165) is 43.6 Å². The van der Waals surface area contributed by atoms with Gasteiger partial charge in [-0.05, 0) is 77.6 Å². The molecule has 0 aliphatic carbocycles. The molecule has 0 saturated carbocycles. The number of amides is 2. The second-order valence-electron chi connectivity index (χ2n) is 10.2. The van der Waals surface area contributed by atoms with Gasteiger partial charge in [-0.25, -0.2) is 13.8 Å². The van der Waals surface area contributed by atoms with Gasteiger partial charge in [-0.1, -0.05) is 0 Å². The van der Waals surface area contributed by atoms with Gasteiger partial charge in [0.1, 0.15) is 11.6 Å². The molecule has 35 heavy (non-hydrogen) atoms. The SMILES string of the molecule is CC(C)NC(=O)c1ccc(N2C3CCC2CC(NC(=O)C(C)(C)Oc2ccc(F)c(F)c2)C3)nc1. The average molecular weight is 487 g/mol. The lowest BCUT2D eigenvalue weighted by Crippen LogP contribution is -2.55. The van der Waals surface area contributed by atoms with E-state index in [1.807, 2.05) is 19.9 Å². The molecule has 2 bridgehead atoms. The zero-order chi connectivity index (χ0) is 25.3. The minimum Gasteiger partial charge on any atom is -0.478 e. The van der Waals surface area contributed by atoms with Crippen LogP contribution in [0.2, 0.25) is 0 Å². The van der Waals surface area contributed by atoms with E-state index in [2.05, 4.69) is 20.5 Å². The largest absolute Gasteiger partial charge is 0.478 e. The molecule has 2 fully saturated rings. The summed E-state index contributed by atoms with van der Waals surface area (Å²) in [7, 11) is 0. The highest BCUT2D eigenvalue weighted by Crippen LogP contribution is 2.38. The monoisotopic (exact) mass is 486 g/mol. The second kappa shape index (κ2) is 9.79. The van der Waals surface area contributed by atoms with Crippen LogP contribution in [0.1, 0.15) is 63.7 Å². The van der Waals surface area contributed by atoms with Crippen LogP contribution in [0.3, 0.4) is 0 Å². The van der Waals surface area contributed by atoms with Crippen LogP contribution >= 0.6 is 0 Å². The first-order valence-corrected chi connectivity index (χ1v) is 12.0. The lowest BCUT2D eigenvalue weighted by molar-refractivity contribution is -0.135. The van der Waals surface area contributed by atoms with Gasteiger partial charge in [-0.15, -0.1) is 0 Å². The van der Waals surface area contributed by atoms with Crippen molar-refractivity contribution in [3.05, 3.63) is 53.7 Å². The van der Waals surface area contributed by atoms with E-state index in [0.29, 0.717) is 5.56 Å². The topological polar surface area (TPSA) is 83.6 Å². The number of halogens is 2. The Morgan fingerprint density at radius 1 is 1.09 bits per heavy atom. The van der Waals surface area contributed by atoms with E-state index in [9.17, 15) is 18.4 Å². The molecule has 9 heteroatoms. The fourth-order valence-corrected chi connectivity index (χ4v) is 4.93. The molecule has 2 aliphatic heterocycles. The van der Waals surface area contributed by atoms with Crippen LogP contribution in [0.5, 0.6) is 5.75 Å². The number of carbonyl (C=O) groups is 2. The molecular formula is C26H32F2N4O3. The van der Waals surface area contributed by atoms with E-state index < -0.39 is 17.2 Å². The van der Waals surface area contributed by atoms with Gasteiger partial charge < -0.3 is 20.3 Å². The number of aromatic nitrogens is 1. The normalized spacial score (nSPS) is 21.7. The Bertz CT molecular complexity index is 1080. The Morgan fingerprint density at radius 3 is 2.34 bits per heavy atom. The summed E-state index contributed by atoms with van der Waals surface area (Å²) in [6.45, 7) is 7.04. The minimum atomic E-state index is -1.26. The lowest BCUT2D eigenvalue weighted by atomic mass is 9.96. The maximum Gasteiger partial charge on any atom is 0.263 e. The first-order chi connectivity index (χ1) is 16.5. The third kappa shape index (κ3) is 5.55. The van der Waals surface area contributed by atoms with Crippen molar-refractivity contribution in [2.75, 3.05) is 4.90 Å². The molecule has 0 radical (unpaired) electrons. The van der Waals surface area contributed by atoms with Crippen LogP contribution in [0.15, 0.2) is 36.5 Å². The van der Waals surface area contributed by atoms with Crippen LogP contribution in [-0.4, -0.2) is 46.6 Å². The van der Waals surface area contributed by atoms with Crippen molar-refractivity contribution in [3.63, 3.8) is 0 Å². The second-order valence-corrected chi connectivity index (χ2v) is 10.2. The summed E-state index contributed by atoms with van der Waals surface area (Å²) in [6.07, 6.45) is 5.14. The zero-order valence-corrected chi connectivity index (χ0v) is 20.5. The standard InChI is InChI=1S/C26H32F2N4O3/c1-15(2)30-24(33)16-5-10-23(29-14-16)32-18-6-7-19(32)12-17(11-18)31-25(34)26(3,4)35-20-8-9-21(27)22(28)13-20/h5,8-10,13-15,17-19H,6-7,11-12H2,1-4H3,(H,30,33)(H,31,34). The van der Waals surface area contributed by atoms with Crippen LogP contribution < -0.4 is 20.3 Å². The fraction of sp³-hybridized carbons (Fsp3) is 0.500. The van der Waals surface area contributed by atoms with Gasteiger partial charge in [0.05, 0.1) is 5.56 Å². The molecule has 7 nitrogen and oxygen atoms in total. The van der Waals surface area contributed by atoms with Crippen molar-refractivity contribution in [1.29, 1.82) is 0 Å². The predicted octanol–water partition coefficient (Wildman–Crippen LogP) is 3.97. The summed E-state index contributed by atoms with van der Waals surface area (Å²) in [5.74, 6) is -1.51. The summed E-state index contributed by atoms with van der Waals surface area (Å²) >= 11 is 0. The van der Waals surface area contributed by atoms with Gasteiger partial charge in [0, 0.05) is 36.4 Å². The number of fused-ring (bicyclic) bond motifs is 2. The number of hydrogen-bond donors (Lipinski definition) is 2. The fourth-order valence-electron chi connectivity index (χ4n) is 4.93. The van der Waals surface area contributed by atoms with Crippen LogP contribution in [0.4, 0.5) is 14.6 Å². The van der Waals surface area contributed by atoms with Gasteiger partial charge in [0.2, 0.25) is 0 Å². The van der Waals surface area contributed by atoms with Crippen molar-refractivity contribution in [2.24, 2.45) is 0 Å². The Hall–Kier alpha value is -3.23. The van der Waals surface area contributed by atoms with Gasteiger partial charge in [0.25, 0.3) is 11.8 Å². The summed E-state index contributed by atoms with van der Waals surface area (Å²) in [5.41, 5.74) is -0.728. The Morgan fingerprint density at radius 2 is 1.77 bits per heavy atom. The van der Waals surface area contributed by atoms with Gasteiger partial charge >= 0.3 is 0 Å². The first-order valence-electron chi connectivity index (χ1n) is 12.0. The van der Waals surface area contributed by atoms with Crippen molar-refractivity contribution in [2.45, 2.75) is 83.1 Å². The van der Waals surface area contributed by atoms with Crippen molar-refractivity contribution in [3.8, 4) is 5.75 Å². The predicted molar refractivity (Wildman–Crippen MR) is 128 cm³/mol. The molecule has 3 heterocycles. The molecule has 2 atom stereocenters. The smallest absolute Gasteiger partial charge is 0.263 e. The molecule has 2 amide bonds. The van der Waals surface area contributed by atoms with Crippen molar-refractivity contribution in [1.82, 2.24) is 15.6 Å². The summed E-state index contributed by atoms with van der Waals surface area (Å²) in [6, 6.07) is 7.39. The van der Waals surface area contributed by atoms with Gasteiger partial charge in [0.15, 0.2) is 17.2 Å². The third-order valence-corrected chi connectivity index (χ3v) is 6.57. The summed E-state index contributed by atoms with van der Waals surface area (Å²) in [5, 5.41) is 5.95. The number of hydrogen-bond acceptors (Lipinski definition) is 5. The number of piperidine rings is 1. The number of benzene rings is 1. The lowest BCUT2D eigenvalue weighted by Gasteiger charge is -2.40. The molecule has 2 unspecified atom stereocenters. The summed E-state index contributed by atoms with van der Waals surface area (Å²) < 4.78 is 32.4. The van der Waals surface area contributed by atoms with Gasteiger partial charge in [-0.3, -0.25) is 9.59 Å². The van der Waals surface area contributed by atoms with Crippen LogP contribution in [0.25, 0.3) is 0 Å². The Kier molecular flexibility index (Phi) is 6.96. The quantitative estimate of drug-likeness (QED) is 0.619. The average Bonchev–Trinajstić information content (AvgIpc) is 3.06. The van der Waals surface area contributed by atoms with Crippen LogP contribution in [0, 0.1) is 11.6 Å². The number of anilines is 1. The van der Waals surface area contributed by atoms with E-state index in [1.165, 1.54) is 6.07 Å². The maximum absolute atomic E-state index is 13.5. The summed E-state index contributed by atoms with van der Waals surface area (Å²) in [4.78, 5) is 32.0. The molecular weight excluding hydrogens is 454 g/mol. The number of rotatable bonds is 7. The number of nitrogens with zero attached hydrogens (tertiary/aromatic N) is 2. The Balaban J connectivity index is 1.37. The van der Waals surface area contributed by atoms with E-state index in [1.54, 1.807) is 26.1 Å². The van der Waals surface area contributed by atoms with Crippen molar-refractivity contribution < 1.29 is 23.1 Å². The highest BCUT2D eigenvalue weighted by Gasteiger charge is 2.43. The molecule has 0 spiro atoms. The number of nitrogens with one attached hydrogen (secondary N) is 2. The van der Waals surface area contributed by atoms with Crippen LogP contribution in [-0.2, 0) is 4.79 Å². The molecule has 1 aromatic carbocycles. The highest BCUT2D eigenvalue weighted by molar-refractivity contribution is 5.94. The first kappa shape index (κ1) is 24.9. The number of ether oxygens (including phenoxy) is 1. The zero-order valence-electron chi connectivity index (χ0n) is 20.5.